The first kappa shape index (κ1) is 14.6. The van der Waals surface area contributed by atoms with Gasteiger partial charge in [-0.1, -0.05) is 0 Å². The third kappa shape index (κ3) is 3.07. The number of hydrogen-bond donors (Lipinski definition) is 0. The van der Waals surface area contributed by atoms with Crippen LogP contribution in [0.3, 0.4) is 0 Å². The van der Waals surface area contributed by atoms with Crippen LogP contribution in [0.15, 0.2) is 23.1 Å². The van der Waals surface area contributed by atoms with Crippen molar-refractivity contribution in [2.24, 2.45) is 0 Å². The molecular weight excluding hydrogens is 252 g/mol. The van der Waals surface area contributed by atoms with Crippen LogP contribution in [0.5, 0.6) is 0 Å². The van der Waals surface area contributed by atoms with E-state index in [-0.39, 0.29) is 11.4 Å². The van der Waals surface area contributed by atoms with E-state index in [1.54, 1.807) is 6.92 Å². The molecule has 0 amide bonds. The van der Waals surface area contributed by atoms with Gasteiger partial charge in [0.15, 0.2) is 0 Å². The highest BCUT2D eigenvalue weighted by atomic mass is 32.2. The molecule has 0 N–H and O–H groups in total. The van der Waals surface area contributed by atoms with E-state index in [4.69, 9.17) is 10.00 Å². The number of methoxy groups -OCH3 is 1. The minimum atomic E-state index is -3.51. The predicted molar refractivity (Wildman–Crippen MR) is 67.6 cm³/mol. The number of nitriles is 1. The van der Waals surface area contributed by atoms with Crippen LogP contribution in [0.1, 0.15) is 11.1 Å². The molecule has 0 aliphatic carbocycles. The Bertz CT molecular complexity index is 561. The van der Waals surface area contributed by atoms with Crippen LogP contribution in [0.2, 0.25) is 0 Å². The third-order valence-corrected chi connectivity index (χ3v) is 4.49. The average Bonchev–Trinajstić information content (AvgIpc) is 2.35. The SMILES string of the molecule is COCCN(C)S(=O)(=O)c1ccc(C#N)c(C)c1. The quantitative estimate of drug-likeness (QED) is 0.802. The molecule has 0 radical (unpaired) electrons. The van der Waals surface area contributed by atoms with E-state index in [0.29, 0.717) is 17.7 Å². The summed E-state index contributed by atoms with van der Waals surface area (Å²) >= 11 is 0. The minimum Gasteiger partial charge on any atom is -0.383 e. The summed E-state index contributed by atoms with van der Waals surface area (Å²) in [6.45, 7) is 2.34. The second kappa shape index (κ2) is 5.96. The second-order valence-electron chi connectivity index (χ2n) is 3.91. The van der Waals surface area contributed by atoms with Crippen molar-refractivity contribution in [1.29, 1.82) is 5.26 Å². The fourth-order valence-corrected chi connectivity index (χ4v) is 2.68. The van der Waals surface area contributed by atoms with Crippen LogP contribution in [-0.4, -0.2) is 40.0 Å². The number of rotatable bonds is 5. The fraction of sp³-hybridized carbons (Fsp3) is 0.417. The van der Waals surface area contributed by atoms with Gasteiger partial charge in [-0.3, -0.25) is 0 Å². The van der Waals surface area contributed by atoms with Crippen LogP contribution in [0.4, 0.5) is 0 Å². The lowest BCUT2D eigenvalue weighted by molar-refractivity contribution is 0.185. The molecule has 98 valence electrons. The fourth-order valence-electron chi connectivity index (χ4n) is 1.44. The summed E-state index contributed by atoms with van der Waals surface area (Å²) in [6, 6.07) is 6.49. The van der Waals surface area contributed by atoms with E-state index in [9.17, 15) is 8.42 Å². The van der Waals surface area contributed by atoms with Crippen molar-refractivity contribution in [2.45, 2.75) is 11.8 Å². The Balaban J connectivity index is 3.06. The van der Waals surface area contributed by atoms with Crippen LogP contribution in [0, 0.1) is 18.3 Å². The van der Waals surface area contributed by atoms with Gasteiger partial charge in [0, 0.05) is 20.7 Å². The maximum Gasteiger partial charge on any atom is 0.242 e. The van der Waals surface area contributed by atoms with Crippen LogP contribution in [0.25, 0.3) is 0 Å². The predicted octanol–water partition coefficient (Wildman–Crippen LogP) is 1.13. The molecule has 1 aromatic carbocycles. The zero-order valence-corrected chi connectivity index (χ0v) is 11.5. The Hall–Kier alpha value is -1.42. The first-order chi connectivity index (χ1) is 8.43. The van der Waals surface area contributed by atoms with Gasteiger partial charge in [0.05, 0.1) is 23.1 Å². The summed E-state index contributed by atoms with van der Waals surface area (Å²) < 4.78 is 30.4. The number of hydrogen-bond acceptors (Lipinski definition) is 4. The van der Waals surface area contributed by atoms with Gasteiger partial charge in [0.25, 0.3) is 0 Å². The Morgan fingerprint density at radius 2 is 2.11 bits per heavy atom. The number of likely N-dealkylation sites (N-methyl/N-ethyl adjacent to an activating group) is 1. The molecular formula is C12H16N2O3S. The van der Waals surface area contributed by atoms with E-state index < -0.39 is 10.0 Å². The highest BCUT2D eigenvalue weighted by molar-refractivity contribution is 7.89. The molecule has 0 bridgehead atoms. The summed E-state index contributed by atoms with van der Waals surface area (Å²) in [6.07, 6.45) is 0. The number of sulfonamides is 1. The largest absolute Gasteiger partial charge is 0.383 e. The summed E-state index contributed by atoms with van der Waals surface area (Å²) in [5, 5.41) is 8.81. The number of nitrogens with zero attached hydrogens (tertiary/aromatic N) is 2. The van der Waals surface area contributed by atoms with Crippen molar-refractivity contribution in [3.63, 3.8) is 0 Å². The van der Waals surface area contributed by atoms with Crippen LogP contribution >= 0.6 is 0 Å². The highest BCUT2D eigenvalue weighted by Gasteiger charge is 2.20. The molecule has 1 aromatic rings. The highest BCUT2D eigenvalue weighted by Crippen LogP contribution is 2.18. The zero-order chi connectivity index (χ0) is 13.8. The molecule has 0 saturated heterocycles. The van der Waals surface area contributed by atoms with Crippen molar-refractivity contribution in [1.82, 2.24) is 4.31 Å². The van der Waals surface area contributed by atoms with E-state index in [0.717, 1.165) is 0 Å². The molecule has 0 aliphatic rings. The number of ether oxygens (including phenoxy) is 1. The average molecular weight is 268 g/mol. The van der Waals surface area contributed by atoms with E-state index in [1.807, 2.05) is 6.07 Å². The maximum atomic E-state index is 12.2. The van der Waals surface area contributed by atoms with Gasteiger partial charge in [-0.25, -0.2) is 8.42 Å². The van der Waals surface area contributed by atoms with Crippen molar-refractivity contribution >= 4 is 10.0 Å². The van der Waals surface area contributed by atoms with Crippen molar-refractivity contribution in [3.05, 3.63) is 29.3 Å². The molecule has 0 aliphatic heterocycles. The molecule has 18 heavy (non-hydrogen) atoms. The third-order valence-electron chi connectivity index (χ3n) is 2.64. The first-order valence-corrected chi connectivity index (χ1v) is 6.83. The van der Waals surface area contributed by atoms with E-state index >= 15 is 0 Å². The summed E-state index contributed by atoms with van der Waals surface area (Å²) in [7, 11) is -0.493. The van der Waals surface area contributed by atoms with Crippen molar-refractivity contribution in [3.8, 4) is 6.07 Å². The molecule has 0 saturated carbocycles. The van der Waals surface area contributed by atoms with Gasteiger partial charge in [-0.2, -0.15) is 9.57 Å². The Kier molecular flexibility index (Phi) is 4.84. The Morgan fingerprint density at radius 1 is 1.44 bits per heavy atom. The topological polar surface area (TPSA) is 70.4 Å². The first-order valence-electron chi connectivity index (χ1n) is 5.39. The lowest BCUT2D eigenvalue weighted by Gasteiger charge is -2.17. The molecule has 0 spiro atoms. The normalized spacial score (nSPS) is 11.5. The van der Waals surface area contributed by atoms with Crippen LogP contribution < -0.4 is 0 Å². The van der Waals surface area contributed by atoms with Crippen molar-refractivity contribution < 1.29 is 13.2 Å². The van der Waals surface area contributed by atoms with Crippen molar-refractivity contribution in [2.75, 3.05) is 27.3 Å². The summed E-state index contributed by atoms with van der Waals surface area (Å²) in [5.41, 5.74) is 1.13. The number of aryl methyl sites for hydroxylation is 1. The van der Waals surface area contributed by atoms with Crippen LogP contribution in [-0.2, 0) is 14.8 Å². The summed E-state index contributed by atoms with van der Waals surface area (Å²) in [5.74, 6) is 0. The molecule has 0 aromatic heterocycles. The summed E-state index contributed by atoms with van der Waals surface area (Å²) in [4.78, 5) is 0.192. The van der Waals surface area contributed by atoms with Gasteiger partial charge in [-0.05, 0) is 30.7 Å². The molecule has 6 heteroatoms. The molecule has 0 atom stereocenters. The van der Waals surface area contributed by atoms with Gasteiger partial charge in [0.2, 0.25) is 10.0 Å². The smallest absolute Gasteiger partial charge is 0.242 e. The monoisotopic (exact) mass is 268 g/mol. The molecule has 0 fully saturated rings. The molecule has 1 rings (SSSR count). The van der Waals surface area contributed by atoms with Gasteiger partial charge in [0.1, 0.15) is 0 Å². The number of benzene rings is 1. The molecule has 0 unspecified atom stereocenters. The zero-order valence-electron chi connectivity index (χ0n) is 10.7. The molecule has 5 nitrogen and oxygen atoms in total. The van der Waals surface area contributed by atoms with Gasteiger partial charge < -0.3 is 4.74 Å². The lowest BCUT2D eigenvalue weighted by Crippen LogP contribution is -2.30. The Morgan fingerprint density at radius 3 is 2.61 bits per heavy atom. The molecule has 0 heterocycles. The van der Waals surface area contributed by atoms with E-state index in [2.05, 4.69) is 0 Å². The second-order valence-corrected chi connectivity index (χ2v) is 5.95. The standard InChI is InChI=1S/C12H16N2O3S/c1-10-8-12(5-4-11(10)9-13)18(15,16)14(2)6-7-17-3/h4-5,8H,6-7H2,1-3H3. The Labute approximate surface area is 108 Å². The van der Waals surface area contributed by atoms with E-state index in [1.165, 1.54) is 36.7 Å². The lowest BCUT2D eigenvalue weighted by atomic mass is 10.1. The van der Waals surface area contributed by atoms with Gasteiger partial charge in [-0.15, -0.1) is 0 Å². The van der Waals surface area contributed by atoms with Gasteiger partial charge >= 0.3 is 0 Å². The maximum absolute atomic E-state index is 12.2. The minimum absolute atomic E-state index is 0.192.